The number of nitrogens with zero attached hydrogens (tertiary/aromatic N) is 3. The molecule has 0 spiro atoms. The van der Waals surface area contributed by atoms with Crippen LogP contribution in [-0.2, 0) is 0 Å². The molecule has 0 bridgehead atoms. The molecule has 3 unspecified atom stereocenters. The molecule has 3 N–H and O–H groups in total. The van der Waals surface area contributed by atoms with Crippen molar-refractivity contribution in [1.82, 2.24) is 9.36 Å². The second-order valence-electron chi connectivity index (χ2n) is 5.97. The van der Waals surface area contributed by atoms with Gasteiger partial charge in [0.15, 0.2) is 0 Å². The van der Waals surface area contributed by atoms with Gasteiger partial charge in [-0.05, 0) is 37.2 Å². The smallest absolute Gasteiger partial charge is 0.148 e. The third kappa shape index (κ3) is 2.15. The molecule has 1 saturated carbocycles. The standard InChI is InChI=1S/C14H18N4OS2/c1-7-16-10(6-20-7)12-13(15)17-21-14(12)18-4-8-2-3-11(19)9(8)5-18/h6,8-9,11,19H,2-5H2,1H3,(H2,15,17). The molecule has 1 aliphatic heterocycles. The van der Waals surface area contributed by atoms with E-state index in [1.807, 2.05) is 12.3 Å². The molecule has 21 heavy (non-hydrogen) atoms. The van der Waals surface area contributed by atoms with Crippen LogP contribution in [0.25, 0.3) is 11.3 Å². The van der Waals surface area contributed by atoms with Crippen LogP contribution in [0.15, 0.2) is 5.38 Å². The molecule has 3 heterocycles. The second-order valence-corrected chi connectivity index (χ2v) is 7.79. The van der Waals surface area contributed by atoms with Gasteiger partial charge in [-0.2, -0.15) is 4.37 Å². The van der Waals surface area contributed by atoms with Gasteiger partial charge in [-0.1, -0.05) is 0 Å². The Morgan fingerprint density at radius 1 is 1.38 bits per heavy atom. The van der Waals surface area contributed by atoms with Crippen molar-refractivity contribution in [3.8, 4) is 11.3 Å². The van der Waals surface area contributed by atoms with E-state index in [0.717, 1.165) is 47.2 Å². The van der Waals surface area contributed by atoms with Gasteiger partial charge in [-0.3, -0.25) is 0 Å². The Kier molecular flexibility index (Phi) is 3.16. The first-order chi connectivity index (χ1) is 10.1. The van der Waals surface area contributed by atoms with Crippen molar-refractivity contribution in [2.24, 2.45) is 11.8 Å². The number of hydrogen-bond donors (Lipinski definition) is 2. The molecule has 2 aromatic rings. The van der Waals surface area contributed by atoms with E-state index in [-0.39, 0.29) is 6.10 Å². The summed E-state index contributed by atoms with van der Waals surface area (Å²) in [7, 11) is 0. The van der Waals surface area contributed by atoms with Crippen LogP contribution in [0.1, 0.15) is 17.8 Å². The maximum Gasteiger partial charge on any atom is 0.148 e. The number of aryl methyl sites for hydroxylation is 1. The van der Waals surface area contributed by atoms with Gasteiger partial charge in [0.25, 0.3) is 0 Å². The van der Waals surface area contributed by atoms with Crippen molar-refractivity contribution >= 4 is 33.7 Å². The normalized spacial score (nSPS) is 28.3. The van der Waals surface area contributed by atoms with Crippen LogP contribution in [0.3, 0.4) is 0 Å². The maximum absolute atomic E-state index is 10.1. The summed E-state index contributed by atoms with van der Waals surface area (Å²) in [6.45, 7) is 3.91. The molecule has 2 aromatic heterocycles. The molecule has 0 radical (unpaired) electrons. The van der Waals surface area contributed by atoms with Gasteiger partial charge in [0.2, 0.25) is 0 Å². The molecule has 1 saturated heterocycles. The Hall–Kier alpha value is -1.18. The van der Waals surface area contributed by atoms with Crippen LogP contribution in [0.5, 0.6) is 0 Å². The monoisotopic (exact) mass is 322 g/mol. The molecule has 0 amide bonds. The number of aliphatic hydroxyl groups is 1. The van der Waals surface area contributed by atoms with E-state index in [4.69, 9.17) is 5.73 Å². The van der Waals surface area contributed by atoms with Crippen LogP contribution in [-0.4, -0.2) is 33.7 Å². The highest BCUT2D eigenvalue weighted by Gasteiger charge is 2.43. The van der Waals surface area contributed by atoms with Crippen LogP contribution in [0.2, 0.25) is 0 Å². The van der Waals surface area contributed by atoms with Gasteiger partial charge in [-0.25, -0.2) is 4.98 Å². The predicted octanol–water partition coefficient (Wildman–Crippen LogP) is 2.36. The summed E-state index contributed by atoms with van der Waals surface area (Å²) in [6.07, 6.45) is 1.93. The minimum absolute atomic E-state index is 0.143. The zero-order valence-corrected chi connectivity index (χ0v) is 13.5. The number of nitrogen functional groups attached to an aromatic ring is 1. The Morgan fingerprint density at radius 3 is 2.95 bits per heavy atom. The predicted molar refractivity (Wildman–Crippen MR) is 86.8 cm³/mol. The second kappa shape index (κ2) is 4.93. The number of hydrogen-bond acceptors (Lipinski definition) is 7. The molecule has 7 heteroatoms. The highest BCUT2D eigenvalue weighted by atomic mass is 32.1. The van der Waals surface area contributed by atoms with Crippen molar-refractivity contribution in [1.29, 1.82) is 0 Å². The van der Waals surface area contributed by atoms with E-state index in [9.17, 15) is 5.11 Å². The molecule has 5 nitrogen and oxygen atoms in total. The average Bonchev–Trinajstić information content (AvgIpc) is 3.16. The first-order valence-electron chi connectivity index (χ1n) is 7.24. The van der Waals surface area contributed by atoms with Crippen molar-refractivity contribution in [2.75, 3.05) is 23.7 Å². The van der Waals surface area contributed by atoms with Crippen molar-refractivity contribution in [3.63, 3.8) is 0 Å². The van der Waals surface area contributed by atoms with E-state index < -0.39 is 0 Å². The quantitative estimate of drug-likeness (QED) is 0.888. The van der Waals surface area contributed by atoms with Gasteiger partial charge in [0, 0.05) is 24.4 Å². The molecule has 3 atom stereocenters. The zero-order chi connectivity index (χ0) is 14.6. The lowest BCUT2D eigenvalue weighted by molar-refractivity contribution is 0.134. The molecule has 112 valence electrons. The fourth-order valence-corrected chi connectivity index (χ4v) is 5.08. The van der Waals surface area contributed by atoms with Gasteiger partial charge in [0.1, 0.15) is 10.8 Å². The van der Waals surface area contributed by atoms with E-state index in [0.29, 0.717) is 17.7 Å². The summed E-state index contributed by atoms with van der Waals surface area (Å²) >= 11 is 3.08. The number of aliphatic hydroxyl groups excluding tert-OH is 1. The third-order valence-electron chi connectivity index (χ3n) is 4.68. The summed E-state index contributed by atoms with van der Waals surface area (Å²) in [4.78, 5) is 6.91. The number of fused-ring (bicyclic) bond motifs is 1. The Labute approximate surface area is 131 Å². The SMILES string of the molecule is Cc1nc(-c2c(N)nsc2N2CC3CCC(O)C3C2)cs1. The van der Waals surface area contributed by atoms with Crippen molar-refractivity contribution < 1.29 is 5.11 Å². The molecule has 0 aromatic carbocycles. The van der Waals surface area contributed by atoms with Crippen LogP contribution < -0.4 is 10.6 Å². The molecular weight excluding hydrogens is 304 g/mol. The summed E-state index contributed by atoms with van der Waals surface area (Å²) < 4.78 is 4.34. The first kappa shape index (κ1) is 13.5. The van der Waals surface area contributed by atoms with Crippen LogP contribution >= 0.6 is 22.9 Å². The minimum atomic E-state index is -0.143. The fourth-order valence-electron chi connectivity index (χ4n) is 3.63. The van der Waals surface area contributed by atoms with E-state index in [1.54, 1.807) is 11.3 Å². The number of nitrogens with two attached hydrogens (primary N) is 1. The lowest BCUT2D eigenvalue weighted by Gasteiger charge is -2.19. The number of aromatic nitrogens is 2. The molecular formula is C14H18N4OS2. The summed E-state index contributed by atoms with van der Waals surface area (Å²) in [6, 6.07) is 0. The summed E-state index contributed by atoms with van der Waals surface area (Å²) in [5.74, 6) is 1.57. The van der Waals surface area contributed by atoms with Gasteiger partial charge >= 0.3 is 0 Å². The Morgan fingerprint density at radius 2 is 2.24 bits per heavy atom. The Balaban J connectivity index is 1.68. The Bertz CT molecular complexity index is 668. The maximum atomic E-state index is 10.1. The molecule has 1 aliphatic carbocycles. The highest BCUT2D eigenvalue weighted by molar-refractivity contribution is 7.11. The number of anilines is 2. The lowest BCUT2D eigenvalue weighted by Crippen LogP contribution is -2.24. The zero-order valence-electron chi connectivity index (χ0n) is 11.8. The van der Waals surface area contributed by atoms with Crippen LogP contribution in [0.4, 0.5) is 10.8 Å². The molecule has 2 aliphatic rings. The number of thiazole rings is 1. The fraction of sp³-hybridized carbons (Fsp3) is 0.571. The van der Waals surface area contributed by atoms with Crippen molar-refractivity contribution in [3.05, 3.63) is 10.4 Å². The van der Waals surface area contributed by atoms with Crippen LogP contribution in [0, 0.1) is 18.8 Å². The molecule has 2 fully saturated rings. The van der Waals surface area contributed by atoms with E-state index in [2.05, 4.69) is 14.3 Å². The first-order valence-corrected chi connectivity index (χ1v) is 8.89. The average molecular weight is 322 g/mol. The third-order valence-corrected chi connectivity index (χ3v) is 6.38. The highest BCUT2D eigenvalue weighted by Crippen LogP contribution is 2.45. The largest absolute Gasteiger partial charge is 0.393 e. The summed E-state index contributed by atoms with van der Waals surface area (Å²) in [5, 5.41) is 14.3. The summed E-state index contributed by atoms with van der Waals surface area (Å²) in [5.41, 5.74) is 7.98. The minimum Gasteiger partial charge on any atom is -0.393 e. The van der Waals surface area contributed by atoms with Gasteiger partial charge in [-0.15, -0.1) is 11.3 Å². The van der Waals surface area contributed by atoms with E-state index >= 15 is 0 Å². The van der Waals surface area contributed by atoms with Crippen molar-refractivity contribution in [2.45, 2.75) is 25.9 Å². The van der Waals surface area contributed by atoms with Gasteiger partial charge < -0.3 is 15.7 Å². The lowest BCUT2D eigenvalue weighted by atomic mass is 10.00. The topological polar surface area (TPSA) is 75.3 Å². The number of rotatable bonds is 2. The molecule has 4 rings (SSSR count). The van der Waals surface area contributed by atoms with Gasteiger partial charge in [0.05, 0.1) is 22.4 Å². The van der Waals surface area contributed by atoms with E-state index in [1.165, 1.54) is 11.5 Å².